The minimum Gasteiger partial charge on any atom is -0.298 e. The Morgan fingerprint density at radius 1 is 1.73 bits per heavy atom. The zero-order valence-corrected chi connectivity index (χ0v) is 9.88. The number of rotatable bonds is 5. The second-order valence-electron chi connectivity index (χ2n) is 3.49. The highest BCUT2D eigenvalue weighted by Crippen LogP contribution is 2.23. The lowest BCUT2D eigenvalue weighted by molar-refractivity contribution is -0.121. The maximum Gasteiger partial charge on any atom is 0.235 e. The highest BCUT2D eigenvalue weighted by Gasteiger charge is 2.13. The third kappa shape index (κ3) is 3.62. The SMILES string of the molecule is CC(c1cccs1)N(C)CCC(=O)NN. The van der Waals surface area contributed by atoms with Crippen molar-refractivity contribution >= 4 is 17.2 Å². The minimum absolute atomic E-state index is 0.125. The average Bonchev–Trinajstić information content (AvgIpc) is 2.77. The number of hydrazine groups is 1. The number of hydrogen-bond donors (Lipinski definition) is 2. The van der Waals surface area contributed by atoms with Crippen LogP contribution < -0.4 is 11.3 Å². The Hall–Kier alpha value is -0.910. The average molecular weight is 227 g/mol. The lowest BCUT2D eigenvalue weighted by atomic mass is 10.2. The first-order chi connectivity index (χ1) is 7.15. The van der Waals surface area contributed by atoms with E-state index in [1.165, 1.54) is 4.88 Å². The summed E-state index contributed by atoms with van der Waals surface area (Å²) < 4.78 is 0. The van der Waals surface area contributed by atoms with E-state index in [0.717, 1.165) is 0 Å². The third-order valence-corrected chi connectivity index (χ3v) is 3.51. The molecule has 0 radical (unpaired) electrons. The number of thiophene rings is 1. The molecule has 4 nitrogen and oxygen atoms in total. The molecule has 1 amide bonds. The number of nitrogens with zero attached hydrogens (tertiary/aromatic N) is 1. The zero-order chi connectivity index (χ0) is 11.3. The van der Waals surface area contributed by atoms with Gasteiger partial charge in [-0.15, -0.1) is 11.3 Å². The number of nitrogens with two attached hydrogens (primary N) is 1. The minimum atomic E-state index is -0.125. The largest absolute Gasteiger partial charge is 0.298 e. The van der Waals surface area contributed by atoms with E-state index in [1.807, 2.05) is 13.1 Å². The molecule has 0 saturated heterocycles. The van der Waals surface area contributed by atoms with Crippen LogP contribution >= 0.6 is 11.3 Å². The summed E-state index contributed by atoms with van der Waals surface area (Å²) >= 11 is 1.73. The summed E-state index contributed by atoms with van der Waals surface area (Å²) in [6.45, 7) is 2.84. The summed E-state index contributed by atoms with van der Waals surface area (Å²) in [7, 11) is 2.01. The molecule has 0 aliphatic carbocycles. The predicted molar refractivity (Wildman–Crippen MR) is 62.3 cm³/mol. The van der Waals surface area contributed by atoms with Crippen LogP contribution in [-0.4, -0.2) is 24.4 Å². The van der Waals surface area contributed by atoms with Gasteiger partial charge in [-0.1, -0.05) is 6.07 Å². The molecule has 5 heteroatoms. The van der Waals surface area contributed by atoms with Crippen molar-refractivity contribution in [3.8, 4) is 0 Å². The van der Waals surface area contributed by atoms with E-state index in [0.29, 0.717) is 19.0 Å². The first-order valence-corrected chi connectivity index (χ1v) is 5.76. The lowest BCUT2D eigenvalue weighted by Crippen LogP contribution is -2.33. The maximum atomic E-state index is 11.0. The molecule has 0 aliphatic heterocycles. The van der Waals surface area contributed by atoms with Gasteiger partial charge in [0.25, 0.3) is 0 Å². The number of hydrogen-bond acceptors (Lipinski definition) is 4. The molecule has 0 saturated carbocycles. The molecule has 1 aromatic rings. The highest BCUT2D eigenvalue weighted by atomic mass is 32.1. The van der Waals surface area contributed by atoms with Crippen molar-refractivity contribution in [3.63, 3.8) is 0 Å². The molecule has 0 fully saturated rings. The standard InChI is InChI=1S/C10H17N3OS/c1-8(9-4-3-7-15-9)13(2)6-5-10(14)12-11/h3-4,7-8H,5-6,11H2,1-2H3,(H,12,14). The summed E-state index contributed by atoms with van der Waals surface area (Å²) in [4.78, 5) is 14.4. The van der Waals surface area contributed by atoms with Crippen LogP contribution in [0.5, 0.6) is 0 Å². The fourth-order valence-electron chi connectivity index (χ4n) is 1.29. The predicted octanol–water partition coefficient (Wildman–Crippen LogP) is 1.12. The normalized spacial score (nSPS) is 12.8. The quantitative estimate of drug-likeness (QED) is 0.450. The molecule has 1 atom stereocenters. The molecule has 0 spiro atoms. The molecule has 0 aromatic carbocycles. The van der Waals surface area contributed by atoms with E-state index in [-0.39, 0.29) is 5.91 Å². The van der Waals surface area contributed by atoms with Crippen LogP contribution in [0.1, 0.15) is 24.3 Å². The van der Waals surface area contributed by atoms with Crippen molar-refractivity contribution in [1.82, 2.24) is 10.3 Å². The Bertz CT molecular complexity index is 300. The Labute approximate surface area is 94.0 Å². The van der Waals surface area contributed by atoms with Crippen molar-refractivity contribution in [2.75, 3.05) is 13.6 Å². The van der Waals surface area contributed by atoms with E-state index < -0.39 is 0 Å². The maximum absolute atomic E-state index is 11.0. The summed E-state index contributed by atoms with van der Waals surface area (Å²) in [5.41, 5.74) is 2.13. The van der Waals surface area contributed by atoms with Gasteiger partial charge in [-0.25, -0.2) is 5.84 Å². The summed E-state index contributed by atoms with van der Waals surface area (Å²) in [5.74, 6) is 4.89. The van der Waals surface area contributed by atoms with Crippen LogP contribution in [0.15, 0.2) is 17.5 Å². The Kier molecular flexibility index (Phi) is 4.74. The van der Waals surface area contributed by atoms with Crippen LogP contribution in [0.3, 0.4) is 0 Å². The number of carbonyl (C=O) groups is 1. The van der Waals surface area contributed by atoms with Crippen LogP contribution in [0.2, 0.25) is 0 Å². The molecule has 1 aromatic heterocycles. The van der Waals surface area contributed by atoms with Gasteiger partial charge in [-0.05, 0) is 25.4 Å². The molecule has 84 valence electrons. The highest BCUT2D eigenvalue weighted by molar-refractivity contribution is 7.10. The third-order valence-electron chi connectivity index (χ3n) is 2.47. The van der Waals surface area contributed by atoms with Gasteiger partial charge in [-0.2, -0.15) is 0 Å². The van der Waals surface area contributed by atoms with Gasteiger partial charge >= 0.3 is 0 Å². The number of carbonyl (C=O) groups excluding carboxylic acids is 1. The fourth-order valence-corrected chi connectivity index (χ4v) is 2.14. The lowest BCUT2D eigenvalue weighted by Gasteiger charge is -2.23. The van der Waals surface area contributed by atoms with Crippen LogP contribution in [0.25, 0.3) is 0 Å². The van der Waals surface area contributed by atoms with Crippen molar-refractivity contribution < 1.29 is 4.79 Å². The smallest absolute Gasteiger partial charge is 0.235 e. The Morgan fingerprint density at radius 2 is 2.47 bits per heavy atom. The first-order valence-electron chi connectivity index (χ1n) is 4.88. The zero-order valence-electron chi connectivity index (χ0n) is 9.06. The molecule has 1 unspecified atom stereocenters. The molecule has 0 aliphatic rings. The summed E-state index contributed by atoms with van der Waals surface area (Å²) in [6.07, 6.45) is 0.433. The number of nitrogens with one attached hydrogen (secondary N) is 1. The number of amides is 1. The van der Waals surface area contributed by atoms with E-state index in [9.17, 15) is 4.79 Å². The molecule has 15 heavy (non-hydrogen) atoms. The molecule has 0 bridgehead atoms. The molecule has 1 rings (SSSR count). The van der Waals surface area contributed by atoms with Crippen LogP contribution in [0.4, 0.5) is 0 Å². The van der Waals surface area contributed by atoms with Gasteiger partial charge < -0.3 is 0 Å². The van der Waals surface area contributed by atoms with Gasteiger partial charge in [0.15, 0.2) is 0 Å². The second-order valence-corrected chi connectivity index (χ2v) is 4.47. The molecule has 3 N–H and O–H groups in total. The van der Waals surface area contributed by atoms with E-state index in [1.54, 1.807) is 11.3 Å². The monoisotopic (exact) mass is 227 g/mol. The Morgan fingerprint density at radius 3 is 3.00 bits per heavy atom. The van der Waals surface area contributed by atoms with Crippen molar-refractivity contribution in [2.45, 2.75) is 19.4 Å². The van der Waals surface area contributed by atoms with Crippen molar-refractivity contribution in [3.05, 3.63) is 22.4 Å². The first kappa shape index (κ1) is 12.2. The molecular weight excluding hydrogens is 210 g/mol. The van der Waals surface area contributed by atoms with Gasteiger partial charge in [0.2, 0.25) is 5.91 Å². The van der Waals surface area contributed by atoms with E-state index in [2.05, 4.69) is 28.7 Å². The summed E-state index contributed by atoms with van der Waals surface area (Å²) in [5, 5.41) is 2.06. The van der Waals surface area contributed by atoms with Crippen LogP contribution in [0, 0.1) is 0 Å². The fraction of sp³-hybridized carbons (Fsp3) is 0.500. The molecular formula is C10H17N3OS. The second kappa shape index (κ2) is 5.85. The topological polar surface area (TPSA) is 58.4 Å². The van der Waals surface area contributed by atoms with Gasteiger partial charge in [0.1, 0.15) is 0 Å². The van der Waals surface area contributed by atoms with E-state index >= 15 is 0 Å². The van der Waals surface area contributed by atoms with Gasteiger partial charge in [0, 0.05) is 23.9 Å². The van der Waals surface area contributed by atoms with Gasteiger partial charge in [0.05, 0.1) is 0 Å². The molecule has 1 heterocycles. The van der Waals surface area contributed by atoms with Gasteiger partial charge in [-0.3, -0.25) is 15.1 Å². The van der Waals surface area contributed by atoms with Crippen LogP contribution in [-0.2, 0) is 4.79 Å². The Balaban J connectivity index is 2.40. The van der Waals surface area contributed by atoms with Crippen molar-refractivity contribution in [1.29, 1.82) is 0 Å². The van der Waals surface area contributed by atoms with Crippen molar-refractivity contribution in [2.24, 2.45) is 5.84 Å². The van der Waals surface area contributed by atoms with E-state index in [4.69, 9.17) is 5.84 Å². The summed E-state index contributed by atoms with van der Waals surface area (Å²) in [6, 6.07) is 4.49.